The highest BCUT2D eigenvalue weighted by atomic mass is 32.1. The number of hydrogen-bond acceptors (Lipinski definition) is 5. The van der Waals surface area contributed by atoms with Gasteiger partial charge in [0.2, 0.25) is 5.91 Å². The number of thiazole rings is 1. The first-order valence-corrected chi connectivity index (χ1v) is 9.96. The fourth-order valence-electron chi connectivity index (χ4n) is 2.03. The number of Topliss-reactive ketones (excluding diaryl/α,β-unsaturated/α-hetero) is 1. The lowest BCUT2D eigenvalue weighted by molar-refractivity contribution is -0.138. The van der Waals surface area contributed by atoms with Crippen LogP contribution in [0.15, 0.2) is 21.6 Å². The first kappa shape index (κ1) is 22.1. The van der Waals surface area contributed by atoms with E-state index in [9.17, 15) is 27.6 Å². The standard InChI is InChI=1S/C18H19F3N2O3S2/c1-17(2,3)13(24)7-15-23(8-14(25)22-10-18(19,20)21)16(26)12(28-15)6-11-4-5-27-9-11/h4-7,9H,8,10H2,1-3H3,(H,22,25)/b12-6+,15-7-. The van der Waals surface area contributed by atoms with Crippen molar-refractivity contribution in [2.24, 2.45) is 5.41 Å². The molecule has 0 saturated carbocycles. The Kier molecular flexibility index (Phi) is 6.66. The Balaban J connectivity index is 2.48. The molecule has 1 amide bonds. The average Bonchev–Trinajstić information content (AvgIpc) is 3.16. The van der Waals surface area contributed by atoms with Gasteiger partial charge in [0.15, 0.2) is 5.78 Å². The molecule has 0 radical (unpaired) electrons. The van der Waals surface area contributed by atoms with Gasteiger partial charge in [-0.05, 0) is 28.5 Å². The molecule has 0 aliphatic rings. The third-order valence-electron chi connectivity index (χ3n) is 3.56. The average molecular weight is 432 g/mol. The van der Waals surface area contributed by atoms with Gasteiger partial charge in [-0.25, -0.2) is 0 Å². The number of carbonyl (C=O) groups is 2. The molecule has 2 aromatic heterocycles. The van der Waals surface area contributed by atoms with E-state index < -0.39 is 36.1 Å². The van der Waals surface area contributed by atoms with Crippen molar-refractivity contribution in [3.05, 3.63) is 41.9 Å². The first-order valence-electron chi connectivity index (χ1n) is 8.20. The van der Waals surface area contributed by atoms with Crippen LogP contribution in [0.3, 0.4) is 0 Å². The van der Waals surface area contributed by atoms with Crippen molar-refractivity contribution in [1.82, 2.24) is 9.88 Å². The molecule has 0 unspecified atom stereocenters. The second kappa shape index (κ2) is 8.44. The molecule has 2 rings (SSSR count). The Hall–Kier alpha value is -2.20. The molecule has 28 heavy (non-hydrogen) atoms. The van der Waals surface area contributed by atoms with E-state index in [1.54, 1.807) is 38.2 Å². The number of alkyl halides is 3. The normalized spacial score (nSPS) is 13.8. The molecule has 0 aliphatic heterocycles. The maximum atomic E-state index is 12.7. The van der Waals surface area contributed by atoms with Crippen LogP contribution < -0.4 is 20.1 Å². The van der Waals surface area contributed by atoms with Crippen LogP contribution in [0.4, 0.5) is 13.2 Å². The lowest BCUT2D eigenvalue weighted by Crippen LogP contribution is -2.41. The summed E-state index contributed by atoms with van der Waals surface area (Å²) < 4.78 is 38.4. The quantitative estimate of drug-likeness (QED) is 0.785. The van der Waals surface area contributed by atoms with Crippen molar-refractivity contribution in [2.45, 2.75) is 33.5 Å². The van der Waals surface area contributed by atoms with Crippen molar-refractivity contribution in [3.63, 3.8) is 0 Å². The molecule has 0 fully saturated rings. The fourth-order valence-corrected chi connectivity index (χ4v) is 3.69. The van der Waals surface area contributed by atoms with Crippen LogP contribution in [0, 0.1) is 5.41 Å². The van der Waals surface area contributed by atoms with Crippen LogP contribution in [-0.2, 0) is 16.1 Å². The Labute approximate surface area is 166 Å². The maximum absolute atomic E-state index is 12.7. The summed E-state index contributed by atoms with van der Waals surface area (Å²) in [6.07, 6.45) is -1.68. The lowest BCUT2D eigenvalue weighted by Gasteiger charge is -2.13. The molecule has 152 valence electrons. The van der Waals surface area contributed by atoms with Gasteiger partial charge in [-0.2, -0.15) is 24.5 Å². The van der Waals surface area contributed by atoms with Gasteiger partial charge in [-0.15, -0.1) is 11.3 Å². The minimum absolute atomic E-state index is 0.216. The highest BCUT2D eigenvalue weighted by Gasteiger charge is 2.28. The number of hydrogen-bond donors (Lipinski definition) is 1. The number of aromatic nitrogens is 1. The summed E-state index contributed by atoms with van der Waals surface area (Å²) >= 11 is 2.46. The van der Waals surface area contributed by atoms with E-state index in [0.29, 0.717) is 0 Å². The van der Waals surface area contributed by atoms with Gasteiger partial charge in [0.1, 0.15) is 17.8 Å². The molecule has 10 heteroatoms. The molecule has 2 aromatic rings. The van der Waals surface area contributed by atoms with Gasteiger partial charge in [0.05, 0.1) is 4.53 Å². The summed E-state index contributed by atoms with van der Waals surface area (Å²) in [6, 6.07) is 1.80. The van der Waals surface area contributed by atoms with E-state index in [2.05, 4.69) is 0 Å². The van der Waals surface area contributed by atoms with Crippen molar-refractivity contribution in [1.29, 1.82) is 0 Å². The summed E-state index contributed by atoms with van der Waals surface area (Å²) in [6.45, 7) is 3.02. The second-order valence-corrected chi connectivity index (χ2v) is 8.89. The molecule has 0 aromatic carbocycles. The number of nitrogens with zero attached hydrogens (tertiary/aromatic N) is 1. The molecule has 0 spiro atoms. The largest absolute Gasteiger partial charge is 0.405 e. The van der Waals surface area contributed by atoms with Crippen LogP contribution in [0.1, 0.15) is 26.3 Å². The summed E-state index contributed by atoms with van der Waals surface area (Å²) in [5.74, 6) is -1.22. The van der Waals surface area contributed by atoms with E-state index in [1.807, 2.05) is 10.8 Å². The minimum Gasteiger partial charge on any atom is -0.345 e. The number of thiophene rings is 1. The Morgan fingerprint density at radius 2 is 1.93 bits per heavy atom. The Morgan fingerprint density at radius 1 is 1.25 bits per heavy atom. The zero-order valence-electron chi connectivity index (χ0n) is 15.4. The summed E-state index contributed by atoms with van der Waals surface area (Å²) in [7, 11) is 0. The lowest BCUT2D eigenvalue weighted by atomic mass is 9.91. The predicted molar refractivity (Wildman–Crippen MR) is 104 cm³/mol. The SMILES string of the molecule is CC(C)(C)C(=O)/C=c1\s/c(=C/c2ccsc2)c(=O)n1CC(=O)NCC(F)(F)F. The molecular formula is C18H19F3N2O3S2. The number of nitrogens with one attached hydrogen (secondary N) is 1. The van der Waals surface area contributed by atoms with E-state index in [-0.39, 0.29) is 15.0 Å². The summed E-state index contributed by atoms with van der Waals surface area (Å²) in [5.41, 5.74) is -0.460. The summed E-state index contributed by atoms with van der Waals surface area (Å²) in [4.78, 5) is 36.9. The van der Waals surface area contributed by atoms with Crippen LogP contribution in [0.2, 0.25) is 0 Å². The zero-order valence-corrected chi connectivity index (χ0v) is 17.1. The molecular weight excluding hydrogens is 413 g/mol. The van der Waals surface area contributed by atoms with Crippen molar-refractivity contribution in [3.8, 4) is 0 Å². The fraction of sp³-hybridized carbons (Fsp3) is 0.389. The van der Waals surface area contributed by atoms with E-state index >= 15 is 0 Å². The molecule has 5 nitrogen and oxygen atoms in total. The molecule has 0 aliphatic carbocycles. The summed E-state index contributed by atoms with van der Waals surface area (Å²) in [5, 5.41) is 5.39. The third kappa shape index (κ3) is 6.16. The van der Waals surface area contributed by atoms with Gasteiger partial charge in [0.25, 0.3) is 5.56 Å². The maximum Gasteiger partial charge on any atom is 0.405 e. The van der Waals surface area contributed by atoms with Crippen molar-refractivity contribution >= 4 is 46.5 Å². The van der Waals surface area contributed by atoms with E-state index in [4.69, 9.17) is 0 Å². The molecule has 0 bridgehead atoms. The third-order valence-corrected chi connectivity index (χ3v) is 5.32. The van der Waals surface area contributed by atoms with Crippen LogP contribution in [-0.4, -0.2) is 29.0 Å². The van der Waals surface area contributed by atoms with Crippen LogP contribution in [0.5, 0.6) is 0 Å². The second-order valence-electron chi connectivity index (χ2n) is 7.05. The number of amides is 1. The van der Waals surface area contributed by atoms with Gasteiger partial charge in [0, 0.05) is 11.5 Å². The topological polar surface area (TPSA) is 68.2 Å². The van der Waals surface area contributed by atoms with Crippen LogP contribution >= 0.6 is 22.7 Å². The number of carbonyl (C=O) groups excluding carboxylic acids is 2. The van der Waals surface area contributed by atoms with E-state index in [0.717, 1.165) is 21.5 Å². The minimum atomic E-state index is -4.55. The molecule has 0 atom stereocenters. The van der Waals surface area contributed by atoms with Gasteiger partial charge >= 0.3 is 6.18 Å². The van der Waals surface area contributed by atoms with Crippen molar-refractivity contribution in [2.75, 3.05) is 6.54 Å². The molecule has 2 heterocycles. The van der Waals surface area contributed by atoms with Crippen LogP contribution in [0.25, 0.3) is 12.2 Å². The number of rotatable bonds is 5. The number of ketones is 1. The van der Waals surface area contributed by atoms with Gasteiger partial charge in [-0.1, -0.05) is 20.8 Å². The number of halogens is 3. The van der Waals surface area contributed by atoms with Gasteiger partial charge in [-0.3, -0.25) is 19.0 Å². The molecule has 0 saturated heterocycles. The van der Waals surface area contributed by atoms with Gasteiger partial charge < -0.3 is 5.32 Å². The molecule has 1 N–H and O–H groups in total. The zero-order chi connectivity index (χ0) is 21.1. The van der Waals surface area contributed by atoms with Crippen molar-refractivity contribution < 1.29 is 22.8 Å². The Morgan fingerprint density at radius 3 is 2.46 bits per heavy atom. The monoisotopic (exact) mass is 432 g/mol. The predicted octanol–water partition coefficient (Wildman–Crippen LogP) is 1.87. The first-order chi connectivity index (χ1) is 12.9. The Bertz CT molecular complexity index is 1030. The highest BCUT2D eigenvalue weighted by Crippen LogP contribution is 2.15. The smallest absolute Gasteiger partial charge is 0.345 e. The highest BCUT2D eigenvalue weighted by molar-refractivity contribution is 7.08. The van der Waals surface area contributed by atoms with E-state index in [1.165, 1.54) is 17.4 Å².